The van der Waals surface area contributed by atoms with Gasteiger partial charge in [0.2, 0.25) is 5.91 Å². The van der Waals surface area contributed by atoms with E-state index in [1.807, 2.05) is 18.2 Å². The standard InChI is InChI=1S/C24H25F2N3O/c1-27-24(30)23-12-18(28-13-20-21(25)10-5-11-22(20)26)15-29(23)14-17-8-4-7-16-6-2-3-9-19(16)17/h2-11,18,23,28H,12-15H2,1H3,(H,27,30)/t18-,23+/m1/s1. The second-order valence-electron chi connectivity index (χ2n) is 7.71. The fraction of sp³-hybridized carbons (Fsp3) is 0.292. The number of rotatable bonds is 6. The van der Waals surface area contributed by atoms with Crippen molar-refractivity contribution in [3.05, 3.63) is 83.4 Å². The van der Waals surface area contributed by atoms with Crippen molar-refractivity contribution in [1.29, 1.82) is 0 Å². The number of likely N-dealkylation sites (N-methyl/N-ethyl adjacent to an activating group) is 1. The lowest BCUT2D eigenvalue weighted by atomic mass is 10.0. The molecule has 4 rings (SSSR count). The third kappa shape index (κ3) is 4.20. The first-order valence-electron chi connectivity index (χ1n) is 10.2. The number of nitrogens with zero attached hydrogens (tertiary/aromatic N) is 1. The molecule has 1 aliphatic rings. The second kappa shape index (κ2) is 8.90. The van der Waals surface area contributed by atoms with E-state index in [9.17, 15) is 13.6 Å². The van der Waals surface area contributed by atoms with Crippen LogP contribution >= 0.6 is 0 Å². The van der Waals surface area contributed by atoms with Gasteiger partial charge in [-0.3, -0.25) is 9.69 Å². The van der Waals surface area contributed by atoms with Gasteiger partial charge in [-0.15, -0.1) is 0 Å². The molecule has 0 aromatic heterocycles. The molecule has 2 atom stereocenters. The molecule has 30 heavy (non-hydrogen) atoms. The van der Waals surface area contributed by atoms with Gasteiger partial charge in [0.15, 0.2) is 0 Å². The van der Waals surface area contributed by atoms with E-state index in [1.54, 1.807) is 7.05 Å². The fourth-order valence-corrected chi connectivity index (χ4v) is 4.26. The van der Waals surface area contributed by atoms with Crippen LogP contribution in [0.1, 0.15) is 17.5 Å². The number of hydrogen-bond donors (Lipinski definition) is 2. The average molecular weight is 409 g/mol. The van der Waals surface area contributed by atoms with E-state index in [4.69, 9.17) is 0 Å². The predicted molar refractivity (Wildman–Crippen MR) is 114 cm³/mol. The van der Waals surface area contributed by atoms with Crippen LogP contribution in [0.15, 0.2) is 60.7 Å². The van der Waals surface area contributed by atoms with Gasteiger partial charge in [-0.05, 0) is 34.9 Å². The van der Waals surface area contributed by atoms with E-state index in [1.165, 1.54) is 23.6 Å². The minimum absolute atomic E-state index is 0.0292. The Morgan fingerprint density at radius 3 is 2.50 bits per heavy atom. The summed E-state index contributed by atoms with van der Waals surface area (Å²) in [5.74, 6) is -1.16. The topological polar surface area (TPSA) is 44.4 Å². The number of carbonyl (C=O) groups is 1. The van der Waals surface area contributed by atoms with Crippen molar-refractivity contribution in [2.75, 3.05) is 13.6 Å². The van der Waals surface area contributed by atoms with Crippen LogP contribution in [0.3, 0.4) is 0 Å². The van der Waals surface area contributed by atoms with Crippen LogP contribution in [0, 0.1) is 11.6 Å². The minimum atomic E-state index is -0.559. The highest BCUT2D eigenvalue weighted by atomic mass is 19.1. The summed E-state index contributed by atoms with van der Waals surface area (Å²) in [6, 6.07) is 17.9. The molecular weight excluding hydrogens is 384 g/mol. The van der Waals surface area contributed by atoms with E-state index in [0.29, 0.717) is 19.5 Å². The highest BCUT2D eigenvalue weighted by Crippen LogP contribution is 2.25. The number of fused-ring (bicyclic) bond motifs is 1. The lowest BCUT2D eigenvalue weighted by Gasteiger charge is -2.23. The van der Waals surface area contributed by atoms with Gasteiger partial charge in [0, 0.05) is 38.3 Å². The smallest absolute Gasteiger partial charge is 0.237 e. The molecular formula is C24H25F2N3O. The molecule has 3 aromatic carbocycles. The van der Waals surface area contributed by atoms with Crippen LogP contribution in [0.4, 0.5) is 8.78 Å². The number of benzene rings is 3. The molecule has 4 nitrogen and oxygen atoms in total. The summed E-state index contributed by atoms with van der Waals surface area (Å²) < 4.78 is 27.9. The predicted octanol–water partition coefficient (Wildman–Crippen LogP) is 3.60. The van der Waals surface area contributed by atoms with Gasteiger partial charge >= 0.3 is 0 Å². The molecule has 1 fully saturated rings. The van der Waals surface area contributed by atoms with Crippen molar-refractivity contribution in [2.24, 2.45) is 0 Å². The van der Waals surface area contributed by atoms with Crippen molar-refractivity contribution < 1.29 is 13.6 Å². The van der Waals surface area contributed by atoms with Crippen molar-refractivity contribution in [1.82, 2.24) is 15.5 Å². The highest BCUT2D eigenvalue weighted by molar-refractivity contribution is 5.86. The Balaban J connectivity index is 1.51. The number of halogens is 2. The third-order valence-electron chi connectivity index (χ3n) is 5.84. The zero-order valence-corrected chi connectivity index (χ0v) is 16.9. The second-order valence-corrected chi connectivity index (χ2v) is 7.71. The molecule has 1 heterocycles. The first-order chi connectivity index (χ1) is 14.6. The molecule has 1 amide bonds. The summed E-state index contributed by atoms with van der Waals surface area (Å²) in [5, 5.41) is 8.31. The Hall–Kier alpha value is -2.83. The van der Waals surface area contributed by atoms with Gasteiger partial charge in [0.25, 0.3) is 0 Å². The van der Waals surface area contributed by atoms with Crippen molar-refractivity contribution >= 4 is 16.7 Å². The number of hydrogen-bond acceptors (Lipinski definition) is 3. The summed E-state index contributed by atoms with van der Waals surface area (Å²) in [6.45, 7) is 1.34. The summed E-state index contributed by atoms with van der Waals surface area (Å²) in [5.41, 5.74) is 1.18. The zero-order valence-electron chi connectivity index (χ0n) is 16.9. The average Bonchev–Trinajstić information content (AvgIpc) is 3.16. The van der Waals surface area contributed by atoms with E-state index in [2.05, 4.69) is 39.8 Å². The summed E-state index contributed by atoms with van der Waals surface area (Å²) >= 11 is 0. The zero-order chi connectivity index (χ0) is 21.1. The Labute approximate surface area is 174 Å². The van der Waals surface area contributed by atoms with Crippen LogP contribution in [0.2, 0.25) is 0 Å². The van der Waals surface area contributed by atoms with E-state index in [-0.39, 0.29) is 30.1 Å². The molecule has 0 aliphatic carbocycles. The van der Waals surface area contributed by atoms with Crippen molar-refractivity contribution in [3.63, 3.8) is 0 Å². The van der Waals surface area contributed by atoms with Crippen LogP contribution in [-0.4, -0.2) is 36.5 Å². The summed E-state index contributed by atoms with van der Waals surface area (Å²) in [7, 11) is 1.63. The molecule has 0 unspecified atom stereocenters. The lowest BCUT2D eigenvalue weighted by Crippen LogP contribution is -2.41. The van der Waals surface area contributed by atoms with Gasteiger partial charge in [0.1, 0.15) is 11.6 Å². The van der Waals surface area contributed by atoms with Gasteiger partial charge < -0.3 is 10.6 Å². The van der Waals surface area contributed by atoms with E-state index >= 15 is 0 Å². The maximum atomic E-state index is 13.9. The molecule has 6 heteroatoms. The molecule has 0 spiro atoms. The highest BCUT2D eigenvalue weighted by Gasteiger charge is 2.36. The van der Waals surface area contributed by atoms with Crippen LogP contribution < -0.4 is 10.6 Å². The molecule has 3 aromatic rings. The minimum Gasteiger partial charge on any atom is -0.358 e. The maximum absolute atomic E-state index is 13.9. The number of carbonyl (C=O) groups excluding carboxylic acids is 1. The monoisotopic (exact) mass is 409 g/mol. The van der Waals surface area contributed by atoms with E-state index in [0.717, 1.165) is 10.9 Å². The Kier molecular flexibility index (Phi) is 6.06. The molecule has 2 N–H and O–H groups in total. The van der Waals surface area contributed by atoms with Crippen LogP contribution in [0.25, 0.3) is 10.8 Å². The van der Waals surface area contributed by atoms with Crippen molar-refractivity contribution in [3.8, 4) is 0 Å². The Morgan fingerprint density at radius 1 is 1.03 bits per heavy atom. The van der Waals surface area contributed by atoms with Gasteiger partial charge in [-0.2, -0.15) is 0 Å². The normalized spacial score (nSPS) is 19.3. The largest absolute Gasteiger partial charge is 0.358 e. The van der Waals surface area contributed by atoms with Gasteiger partial charge in [-0.1, -0.05) is 48.5 Å². The van der Waals surface area contributed by atoms with Gasteiger partial charge in [-0.25, -0.2) is 8.78 Å². The first kappa shape index (κ1) is 20.4. The third-order valence-corrected chi connectivity index (χ3v) is 5.84. The Morgan fingerprint density at radius 2 is 1.73 bits per heavy atom. The lowest BCUT2D eigenvalue weighted by molar-refractivity contribution is -0.125. The fourth-order valence-electron chi connectivity index (χ4n) is 4.26. The number of nitrogens with one attached hydrogen (secondary N) is 2. The Bertz CT molecular complexity index is 1030. The van der Waals surface area contributed by atoms with Crippen LogP contribution in [-0.2, 0) is 17.9 Å². The molecule has 1 aliphatic heterocycles. The molecule has 0 radical (unpaired) electrons. The molecule has 0 saturated carbocycles. The maximum Gasteiger partial charge on any atom is 0.237 e. The molecule has 0 bridgehead atoms. The van der Waals surface area contributed by atoms with Crippen LogP contribution in [0.5, 0.6) is 0 Å². The molecule has 1 saturated heterocycles. The van der Waals surface area contributed by atoms with Gasteiger partial charge in [0.05, 0.1) is 6.04 Å². The molecule has 156 valence electrons. The summed E-state index contributed by atoms with van der Waals surface area (Å²) in [6.07, 6.45) is 0.584. The number of amides is 1. The van der Waals surface area contributed by atoms with Crippen molar-refractivity contribution in [2.45, 2.75) is 31.6 Å². The van der Waals surface area contributed by atoms with E-state index < -0.39 is 11.6 Å². The SMILES string of the molecule is CNC(=O)[C@@H]1C[C@@H](NCc2c(F)cccc2F)CN1Cc1cccc2ccccc12. The first-order valence-corrected chi connectivity index (χ1v) is 10.2. The summed E-state index contributed by atoms with van der Waals surface area (Å²) in [4.78, 5) is 14.6. The number of likely N-dealkylation sites (tertiary alicyclic amines) is 1. The quantitative estimate of drug-likeness (QED) is 0.654.